The average molecular weight is 418 g/mol. The smallest absolute Gasteiger partial charge is 0.274 e. The molecule has 4 nitrogen and oxygen atoms in total. The Morgan fingerprint density at radius 3 is 2.57 bits per heavy atom. The minimum atomic E-state index is -0.107. The third-order valence-corrected chi connectivity index (χ3v) is 6.61. The van der Waals surface area contributed by atoms with Crippen LogP contribution in [-0.2, 0) is 13.0 Å². The van der Waals surface area contributed by atoms with Crippen LogP contribution >= 0.6 is 11.3 Å². The summed E-state index contributed by atoms with van der Waals surface area (Å²) < 4.78 is 2.09. The number of amides is 1. The first kappa shape index (κ1) is 20.4. The maximum Gasteiger partial charge on any atom is 0.274 e. The van der Waals surface area contributed by atoms with Gasteiger partial charge >= 0.3 is 0 Å². The summed E-state index contributed by atoms with van der Waals surface area (Å²) >= 11 is 1.46. The van der Waals surface area contributed by atoms with E-state index in [4.69, 9.17) is 0 Å². The predicted molar refractivity (Wildman–Crippen MR) is 127 cm³/mol. The highest BCUT2D eigenvalue weighted by Crippen LogP contribution is 2.30. The molecular formula is C25H27N3OS. The normalized spacial score (nSPS) is 11.2. The number of carbonyl (C=O) groups excluding carboxylic acids is 1. The van der Waals surface area contributed by atoms with Crippen molar-refractivity contribution >= 4 is 33.3 Å². The summed E-state index contributed by atoms with van der Waals surface area (Å²) in [5, 5.41) is 6.79. The van der Waals surface area contributed by atoms with Gasteiger partial charge in [-0.15, -0.1) is 11.3 Å². The first-order valence-electron chi connectivity index (χ1n) is 10.4. The van der Waals surface area contributed by atoms with E-state index in [1.165, 1.54) is 28.0 Å². The molecular weight excluding hydrogens is 390 g/mol. The van der Waals surface area contributed by atoms with Crippen molar-refractivity contribution in [1.29, 1.82) is 0 Å². The Balaban J connectivity index is 1.66. The number of aryl methyl sites for hydroxylation is 5. The molecule has 0 saturated heterocycles. The zero-order chi connectivity index (χ0) is 21.4. The van der Waals surface area contributed by atoms with Crippen molar-refractivity contribution in [2.75, 3.05) is 5.32 Å². The molecule has 0 unspecified atom stereocenters. The number of benzene rings is 2. The summed E-state index contributed by atoms with van der Waals surface area (Å²) in [6.07, 6.45) is 0.981. The van der Waals surface area contributed by atoms with Crippen molar-refractivity contribution in [3.63, 3.8) is 0 Å². The van der Waals surface area contributed by atoms with Crippen LogP contribution in [-0.4, -0.2) is 15.5 Å². The molecule has 0 radical (unpaired) electrons. The quantitative estimate of drug-likeness (QED) is 0.401. The van der Waals surface area contributed by atoms with Crippen LogP contribution in [0.25, 0.3) is 22.2 Å². The van der Waals surface area contributed by atoms with Gasteiger partial charge in [-0.2, -0.15) is 0 Å². The summed E-state index contributed by atoms with van der Waals surface area (Å²) in [5.41, 5.74) is 8.57. The van der Waals surface area contributed by atoms with E-state index in [0.29, 0.717) is 10.8 Å². The van der Waals surface area contributed by atoms with E-state index in [9.17, 15) is 4.79 Å². The summed E-state index contributed by atoms with van der Waals surface area (Å²) in [7, 11) is 0. The summed E-state index contributed by atoms with van der Waals surface area (Å²) in [6.45, 7) is 11.2. The summed E-state index contributed by atoms with van der Waals surface area (Å²) in [5.74, 6) is -0.107. The van der Waals surface area contributed by atoms with E-state index >= 15 is 0 Å². The molecule has 0 aliphatic heterocycles. The molecule has 2 heterocycles. The van der Waals surface area contributed by atoms with E-state index in [1.54, 1.807) is 0 Å². The van der Waals surface area contributed by atoms with Gasteiger partial charge in [-0.3, -0.25) is 10.1 Å². The fraction of sp³-hybridized carbons (Fsp3) is 0.280. The van der Waals surface area contributed by atoms with Gasteiger partial charge in [0, 0.05) is 28.4 Å². The highest BCUT2D eigenvalue weighted by Gasteiger charge is 2.21. The zero-order valence-corrected chi connectivity index (χ0v) is 19.0. The second-order valence-electron chi connectivity index (χ2n) is 7.71. The molecule has 0 fully saturated rings. The lowest BCUT2D eigenvalue weighted by atomic mass is 10.1. The molecule has 4 rings (SSSR count). The van der Waals surface area contributed by atoms with Crippen LogP contribution in [0.4, 0.5) is 5.13 Å². The Hall–Kier alpha value is -2.92. The second-order valence-corrected chi connectivity index (χ2v) is 8.57. The number of nitrogens with one attached hydrogen (secondary N) is 1. The van der Waals surface area contributed by atoms with Gasteiger partial charge < -0.3 is 4.57 Å². The fourth-order valence-electron chi connectivity index (χ4n) is 3.93. The predicted octanol–water partition coefficient (Wildman–Crippen LogP) is 6.52. The topological polar surface area (TPSA) is 46.9 Å². The Kier molecular flexibility index (Phi) is 5.48. The van der Waals surface area contributed by atoms with Crippen molar-refractivity contribution < 1.29 is 4.79 Å². The van der Waals surface area contributed by atoms with Gasteiger partial charge in [0.1, 0.15) is 5.69 Å². The van der Waals surface area contributed by atoms with Crippen LogP contribution < -0.4 is 5.32 Å². The summed E-state index contributed by atoms with van der Waals surface area (Å²) in [6, 6.07) is 12.8. The highest BCUT2D eigenvalue weighted by molar-refractivity contribution is 7.14. The average Bonchev–Trinajstić information content (AvgIpc) is 3.32. The molecule has 0 aliphatic rings. The molecule has 0 bridgehead atoms. The lowest BCUT2D eigenvalue weighted by Crippen LogP contribution is -2.17. The minimum absolute atomic E-state index is 0.107. The Morgan fingerprint density at radius 2 is 1.87 bits per heavy atom. The molecule has 154 valence electrons. The van der Waals surface area contributed by atoms with Gasteiger partial charge in [-0.25, -0.2) is 4.98 Å². The second kappa shape index (κ2) is 8.07. The van der Waals surface area contributed by atoms with Crippen LogP contribution in [0.2, 0.25) is 0 Å². The van der Waals surface area contributed by atoms with E-state index in [0.717, 1.165) is 40.7 Å². The monoisotopic (exact) mass is 417 g/mol. The minimum Gasteiger partial charge on any atom is -0.337 e. The number of aromatic nitrogens is 2. The number of rotatable bonds is 5. The van der Waals surface area contributed by atoms with Crippen LogP contribution in [0, 0.1) is 20.8 Å². The zero-order valence-electron chi connectivity index (χ0n) is 18.2. The highest BCUT2D eigenvalue weighted by atomic mass is 32.1. The van der Waals surface area contributed by atoms with Crippen LogP contribution in [0.5, 0.6) is 0 Å². The molecule has 2 aromatic carbocycles. The molecule has 5 heteroatoms. The lowest BCUT2D eigenvalue weighted by molar-refractivity contribution is 0.101. The molecule has 2 aromatic heterocycles. The number of hydrogen-bond donors (Lipinski definition) is 1. The van der Waals surface area contributed by atoms with Gasteiger partial charge in [0.05, 0.1) is 5.69 Å². The van der Waals surface area contributed by atoms with Crippen molar-refractivity contribution in [3.8, 4) is 11.3 Å². The van der Waals surface area contributed by atoms with Crippen molar-refractivity contribution in [2.45, 2.75) is 47.6 Å². The van der Waals surface area contributed by atoms with Crippen LogP contribution in [0.15, 0.2) is 41.8 Å². The van der Waals surface area contributed by atoms with Gasteiger partial charge in [0.25, 0.3) is 5.91 Å². The molecule has 4 aromatic rings. The molecule has 1 N–H and O–H groups in total. The third-order valence-electron chi connectivity index (χ3n) is 5.85. The first-order valence-corrected chi connectivity index (χ1v) is 11.3. The molecule has 30 heavy (non-hydrogen) atoms. The SMILES string of the molecule is CCc1ccc2c(c1)c(C)c(C(=O)Nc1nc(-c3ccc(C)c(C)c3)cs1)n2CC. The summed E-state index contributed by atoms with van der Waals surface area (Å²) in [4.78, 5) is 17.9. The number of carbonyl (C=O) groups is 1. The Labute approximate surface area is 181 Å². The first-order chi connectivity index (χ1) is 14.4. The van der Waals surface area contributed by atoms with Crippen molar-refractivity contribution in [2.24, 2.45) is 0 Å². The van der Waals surface area contributed by atoms with Crippen LogP contribution in [0.3, 0.4) is 0 Å². The van der Waals surface area contributed by atoms with E-state index < -0.39 is 0 Å². The fourth-order valence-corrected chi connectivity index (χ4v) is 4.65. The van der Waals surface area contributed by atoms with Crippen molar-refractivity contribution in [1.82, 2.24) is 9.55 Å². The number of nitrogens with zero attached hydrogens (tertiary/aromatic N) is 2. The molecule has 0 spiro atoms. The molecule has 0 aliphatic carbocycles. The van der Waals surface area contributed by atoms with E-state index in [-0.39, 0.29) is 5.91 Å². The van der Waals surface area contributed by atoms with E-state index in [1.807, 2.05) is 12.3 Å². The number of anilines is 1. The third kappa shape index (κ3) is 3.54. The maximum atomic E-state index is 13.2. The lowest BCUT2D eigenvalue weighted by Gasteiger charge is -2.08. The number of fused-ring (bicyclic) bond motifs is 1. The van der Waals surface area contributed by atoms with Gasteiger partial charge in [0.15, 0.2) is 5.13 Å². The Morgan fingerprint density at radius 1 is 1.07 bits per heavy atom. The molecule has 1 amide bonds. The molecule has 0 atom stereocenters. The standard InChI is InChI=1S/C25H27N3OS/c1-6-18-9-11-22-20(13-18)17(5)23(28(22)7-2)24(29)27-25-26-21(14-30-25)19-10-8-15(3)16(4)12-19/h8-14H,6-7H2,1-5H3,(H,26,27,29). The number of hydrogen-bond acceptors (Lipinski definition) is 3. The Bertz CT molecular complexity index is 1250. The number of thiazole rings is 1. The van der Waals surface area contributed by atoms with Crippen molar-refractivity contribution in [3.05, 3.63) is 69.7 Å². The van der Waals surface area contributed by atoms with Crippen LogP contribution in [0.1, 0.15) is 46.6 Å². The molecule has 0 saturated carbocycles. The van der Waals surface area contributed by atoms with Gasteiger partial charge in [-0.1, -0.05) is 25.1 Å². The maximum absolute atomic E-state index is 13.2. The van der Waals surface area contributed by atoms with Gasteiger partial charge in [-0.05, 0) is 74.6 Å². The largest absolute Gasteiger partial charge is 0.337 e. The van der Waals surface area contributed by atoms with Gasteiger partial charge in [0.2, 0.25) is 0 Å². The van der Waals surface area contributed by atoms with E-state index in [2.05, 4.69) is 79.0 Å².